The van der Waals surface area contributed by atoms with Crippen molar-refractivity contribution in [2.45, 2.75) is 39.2 Å². The average molecular weight is 282 g/mol. The normalized spacial score (nSPS) is 26.6. The molecule has 19 heavy (non-hydrogen) atoms. The molecule has 0 radical (unpaired) electrons. The van der Waals surface area contributed by atoms with Crippen LogP contribution in [0.25, 0.3) is 0 Å². The second-order valence-corrected chi connectivity index (χ2v) is 5.96. The summed E-state index contributed by atoms with van der Waals surface area (Å²) < 4.78 is 5.45. The summed E-state index contributed by atoms with van der Waals surface area (Å²) in [7, 11) is 1.73. The highest BCUT2D eigenvalue weighted by molar-refractivity contribution is 6.30. The van der Waals surface area contributed by atoms with E-state index in [1.54, 1.807) is 7.11 Å². The van der Waals surface area contributed by atoms with E-state index in [0.29, 0.717) is 12.0 Å². The number of benzene rings is 1. The maximum atomic E-state index is 6.11. The smallest absolute Gasteiger partial charge is 0.122 e. The van der Waals surface area contributed by atoms with Crippen LogP contribution >= 0.6 is 11.6 Å². The topological polar surface area (TPSA) is 21.3 Å². The molecular formula is C16H24ClNO. The lowest BCUT2D eigenvalue weighted by Crippen LogP contribution is -2.32. The number of rotatable bonds is 5. The minimum absolute atomic E-state index is 0.667. The Hall–Kier alpha value is -0.730. The number of halogens is 1. The van der Waals surface area contributed by atoms with Gasteiger partial charge < -0.3 is 10.1 Å². The molecule has 3 unspecified atom stereocenters. The summed E-state index contributed by atoms with van der Waals surface area (Å²) in [5, 5.41) is 4.39. The van der Waals surface area contributed by atoms with Crippen LogP contribution in [-0.4, -0.2) is 19.7 Å². The van der Waals surface area contributed by atoms with Crippen LogP contribution < -0.4 is 10.1 Å². The molecule has 106 valence electrons. The molecule has 1 aliphatic carbocycles. The lowest BCUT2D eigenvalue weighted by Gasteiger charge is -2.22. The lowest BCUT2D eigenvalue weighted by molar-refractivity contribution is 0.348. The van der Waals surface area contributed by atoms with Crippen molar-refractivity contribution < 1.29 is 4.74 Å². The molecule has 1 fully saturated rings. The van der Waals surface area contributed by atoms with Gasteiger partial charge in [0.2, 0.25) is 0 Å². The van der Waals surface area contributed by atoms with Crippen LogP contribution in [0.1, 0.15) is 32.3 Å². The highest BCUT2D eigenvalue weighted by Gasteiger charge is 2.32. The molecule has 0 bridgehead atoms. The molecule has 2 rings (SSSR count). The highest BCUT2D eigenvalue weighted by Crippen LogP contribution is 2.36. The highest BCUT2D eigenvalue weighted by atomic mass is 35.5. The van der Waals surface area contributed by atoms with E-state index < -0.39 is 0 Å². The Labute approximate surface area is 121 Å². The average Bonchev–Trinajstić information content (AvgIpc) is 2.73. The number of hydrogen-bond donors (Lipinski definition) is 1. The molecule has 1 saturated carbocycles. The fraction of sp³-hybridized carbons (Fsp3) is 0.625. The molecule has 0 aromatic heterocycles. The zero-order valence-corrected chi connectivity index (χ0v) is 12.8. The third-order valence-electron chi connectivity index (χ3n) is 4.42. The molecule has 1 aliphatic rings. The Balaban J connectivity index is 2.07. The van der Waals surface area contributed by atoms with Crippen molar-refractivity contribution >= 4 is 11.6 Å². The third-order valence-corrected chi connectivity index (χ3v) is 4.65. The minimum atomic E-state index is 0.667. The van der Waals surface area contributed by atoms with Crippen molar-refractivity contribution in [3.63, 3.8) is 0 Å². The fourth-order valence-corrected chi connectivity index (χ4v) is 3.47. The predicted octanol–water partition coefficient (Wildman–Crippen LogP) is 3.92. The van der Waals surface area contributed by atoms with E-state index in [1.165, 1.54) is 18.4 Å². The first-order chi connectivity index (χ1) is 9.15. The quantitative estimate of drug-likeness (QED) is 0.883. The molecule has 3 heteroatoms. The van der Waals surface area contributed by atoms with Crippen LogP contribution in [0.15, 0.2) is 18.2 Å². The Morgan fingerprint density at radius 3 is 2.84 bits per heavy atom. The molecule has 0 heterocycles. The molecule has 0 saturated heterocycles. The van der Waals surface area contributed by atoms with Gasteiger partial charge in [0, 0.05) is 11.1 Å². The van der Waals surface area contributed by atoms with E-state index in [-0.39, 0.29) is 0 Å². The van der Waals surface area contributed by atoms with Crippen LogP contribution in [0, 0.1) is 11.8 Å². The molecular weight excluding hydrogens is 258 g/mol. The first kappa shape index (κ1) is 14.7. The van der Waals surface area contributed by atoms with Crippen LogP contribution in [0.4, 0.5) is 0 Å². The van der Waals surface area contributed by atoms with Crippen LogP contribution in [0.5, 0.6) is 5.75 Å². The first-order valence-corrected chi connectivity index (χ1v) is 7.59. The number of ether oxygens (including phenoxy) is 1. The minimum Gasteiger partial charge on any atom is -0.496 e. The van der Waals surface area contributed by atoms with E-state index in [2.05, 4.69) is 19.2 Å². The van der Waals surface area contributed by atoms with Crippen molar-refractivity contribution in [3.8, 4) is 5.75 Å². The SMILES string of the molecule is CCNC1CCC(Cc2cc(Cl)ccc2OC)C1C. The molecule has 1 N–H and O–H groups in total. The number of hydrogen-bond acceptors (Lipinski definition) is 2. The van der Waals surface area contributed by atoms with Gasteiger partial charge in [-0.15, -0.1) is 0 Å². The van der Waals surface area contributed by atoms with Gasteiger partial charge in [0.05, 0.1) is 7.11 Å². The Bertz CT molecular complexity index is 421. The summed E-state index contributed by atoms with van der Waals surface area (Å²) in [5.41, 5.74) is 1.24. The summed E-state index contributed by atoms with van der Waals surface area (Å²) in [6, 6.07) is 6.58. The van der Waals surface area contributed by atoms with Gasteiger partial charge in [-0.05, 0) is 61.4 Å². The zero-order valence-electron chi connectivity index (χ0n) is 12.1. The van der Waals surface area contributed by atoms with Crippen LogP contribution in [0.2, 0.25) is 5.02 Å². The first-order valence-electron chi connectivity index (χ1n) is 7.21. The van der Waals surface area contributed by atoms with Crippen molar-refractivity contribution in [3.05, 3.63) is 28.8 Å². The summed E-state index contributed by atoms with van der Waals surface area (Å²) >= 11 is 6.11. The molecule has 2 nitrogen and oxygen atoms in total. The van der Waals surface area contributed by atoms with Gasteiger partial charge in [0.25, 0.3) is 0 Å². The zero-order chi connectivity index (χ0) is 13.8. The lowest BCUT2D eigenvalue weighted by atomic mass is 9.89. The van der Waals surface area contributed by atoms with Gasteiger partial charge in [-0.2, -0.15) is 0 Å². The van der Waals surface area contributed by atoms with Crippen LogP contribution in [0.3, 0.4) is 0 Å². The Kier molecular flexibility index (Phi) is 5.12. The molecule has 1 aromatic carbocycles. The molecule has 0 aliphatic heterocycles. The van der Waals surface area contributed by atoms with E-state index in [9.17, 15) is 0 Å². The maximum Gasteiger partial charge on any atom is 0.122 e. The van der Waals surface area contributed by atoms with E-state index in [0.717, 1.165) is 29.7 Å². The van der Waals surface area contributed by atoms with Crippen LogP contribution in [-0.2, 0) is 6.42 Å². The van der Waals surface area contributed by atoms with Gasteiger partial charge in [-0.3, -0.25) is 0 Å². The Morgan fingerprint density at radius 1 is 1.37 bits per heavy atom. The molecule has 1 aromatic rings. The van der Waals surface area contributed by atoms with Gasteiger partial charge in [-0.25, -0.2) is 0 Å². The summed E-state index contributed by atoms with van der Waals surface area (Å²) in [6.45, 7) is 5.60. The summed E-state index contributed by atoms with van der Waals surface area (Å²) in [4.78, 5) is 0. The summed E-state index contributed by atoms with van der Waals surface area (Å²) in [6.07, 6.45) is 3.63. The monoisotopic (exact) mass is 281 g/mol. The third kappa shape index (κ3) is 3.43. The fourth-order valence-electron chi connectivity index (χ4n) is 3.28. The second-order valence-electron chi connectivity index (χ2n) is 5.52. The molecule has 3 atom stereocenters. The second kappa shape index (κ2) is 6.62. The molecule has 0 spiro atoms. The van der Waals surface area contributed by atoms with Gasteiger partial charge in [0.15, 0.2) is 0 Å². The van der Waals surface area contributed by atoms with E-state index in [1.807, 2.05) is 18.2 Å². The largest absolute Gasteiger partial charge is 0.496 e. The van der Waals surface area contributed by atoms with Gasteiger partial charge in [0.1, 0.15) is 5.75 Å². The standard InChI is InChI=1S/C16H24ClNO/c1-4-18-15-7-5-12(11(15)2)9-13-10-14(17)6-8-16(13)19-3/h6,8,10-12,15,18H,4-5,7,9H2,1-3H3. The summed E-state index contributed by atoms with van der Waals surface area (Å²) in [5.74, 6) is 2.39. The van der Waals surface area contributed by atoms with Crippen molar-refractivity contribution in [1.29, 1.82) is 0 Å². The van der Waals surface area contributed by atoms with E-state index in [4.69, 9.17) is 16.3 Å². The van der Waals surface area contributed by atoms with Crippen molar-refractivity contribution in [2.75, 3.05) is 13.7 Å². The maximum absolute atomic E-state index is 6.11. The van der Waals surface area contributed by atoms with Crippen molar-refractivity contribution in [2.24, 2.45) is 11.8 Å². The van der Waals surface area contributed by atoms with Gasteiger partial charge in [-0.1, -0.05) is 25.4 Å². The van der Waals surface area contributed by atoms with E-state index >= 15 is 0 Å². The molecule has 0 amide bonds. The Morgan fingerprint density at radius 2 is 2.16 bits per heavy atom. The van der Waals surface area contributed by atoms with Crippen molar-refractivity contribution in [1.82, 2.24) is 5.32 Å². The predicted molar refractivity (Wildman–Crippen MR) is 81.1 cm³/mol. The number of nitrogens with one attached hydrogen (secondary N) is 1. The number of methoxy groups -OCH3 is 1. The van der Waals surface area contributed by atoms with Gasteiger partial charge >= 0.3 is 0 Å².